The molecule has 0 saturated carbocycles. The Morgan fingerprint density at radius 1 is 1.17 bits per heavy atom. The van der Waals surface area contributed by atoms with Crippen molar-refractivity contribution in [3.8, 4) is 5.75 Å². The summed E-state index contributed by atoms with van der Waals surface area (Å²) in [6.07, 6.45) is -0.658. The van der Waals surface area contributed by atoms with Crippen molar-refractivity contribution in [3.63, 3.8) is 0 Å². The van der Waals surface area contributed by atoms with Gasteiger partial charge in [-0.1, -0.05) is 42.5 Å². The Morgan fingerprint density at radius 2 is 1.92 bits per heavy atom. The van der Waals surface area contributed by atoms with E-state index >= 15 is 0 Å². The monoisotopic (exact) mass is 327 g/mol. The van der Waals surface area contributed by atoms with Crippen molar-refractivity contribution < 1.29 is 19.4 Å². The molecule has 1 aliphatic rings. The third kappa shape index (κ3) is 4.13. The Kier molecular flexibility index (Phi) is 5.46. The van der Waals surface area contributed by atoms with Gasteiger partial charge in [0.2, 0.25) is 0 Å². The van der Waals surface area contributed by atoms with E-state index in [1.165, 1.54) is 0 Å². The number of para-hydroxylation sites is 1. The molecule has 0 aromatic heterocycles. The third-order valence-corrected chi connectivity index (χ3v) is 3.89. The Balaban J connectivity index is 1.74. The van der Waals surface area contributed by atoms with Gasteiger partial charge in [-0.3, -0.25) is 4.79 Å². The fraction of sp³-hybridized carbons (Fsp3) is 0.316. The molecule has 5 nitrogen and oxygen atoms in total. The number of aliphatic hydroxyl groups is 1. The van der Waals surface area contributed by atoms with Gasteiger partial charge in [0.1, 0.15) is 12.4 Å². The lowest BCUT2D eigenvalue weighted by Gasteiger charge is -2.22. The van der Waals surface area contributed by atoms with Crippen molar-refractivity contribution >= 4 is 5.91 Å². The van der Waals surface area contributed by atoms with Gasteiger partial charge >= 0.3 is 0 Å². The van der Waals surface area contributed by atoms with Gasteiger partial charge in [-0.2, -0.15) is 0 Å². The summed E-state index contributed by atoms with van der Waals surface area (Å²) in [7, 11) is 0. The first-order chi connectivity index (χ1) is 11.7. The molecule has 126 valence electrons. The number of carbonyl (C=O) groups is 1. The molecule has 1 aliphatic heterocycles. The van der Waals surface area contributed by atoms with Crippen molar-refractivity contribution in [3.05, 3.63) is 65.7 Å². The van der Waals surface area contributed by atoms with Gasteiger partial charge in [0.05, 0.1) is 24.9 Å². The highest BCUT2D eigenvalue weighted by molar-refractivity contribution is 5.97. The molecule has 0 spiro atoms. The van der Waals surface area contributed by atoms with E-state index in [0.717, 1.165) is 5.56 Å². The number of β-amino-alcohol motifs (C(OH)–C–C–N with tert-alkyl or cyclic N) is 1. The SMILES string of the molecule is O=C(c1ccccc1OCc1ccccc1)N1CCOCC(O)C1. The summed E-state index contributed by atoms with van der Waals surface area (Å²) in [5.74, 6) is 0.397. The predicted octanol–water partition coefficient (Wildman–Crippen LogP) is 2.10. The first-order valence-electron chi connectivity index (χ1n) is 8.05. The highest BCUT2D eigenvalue weighted by atomic mass is 16.5. The molecular weight excluding hydrogens is 306 g/mol. The average Bonchev–Trinajstić information content (AvgIpc) is 2.85. The lowest BCUT2D eigenvalue weighted by atomic mass is 10.1. The minimum absolute atomic E-state index is 0.150. The maximum atomic E-state index is 12.8. The molecule has 2 aromatic carbocycles. The van der Waals surface area contributed by atoms with E-state index in [-0.39, 0.29) is 19.1 Å². The zero-order chi connectivity index (χ0) is 16.8. The van der Waals surface area contributed by atoms with Gasteiger partial charge in [0, 0.05) is 13.1 Å². The number of carbonyl (C=O) groups excluding carboxylic acids is 1. The molecule has 0 radical (unpaired) electrons. The zero-order valence-corrected chi connectivity index (χ0v) is 13.4. The van der Waals surface area contributed by atoms with Crippen molar-refractivity contribution in [2.24, 2.45) is 0 Å². The highest BCUT2D eigenvalue weighted by Gasteiger charge is 2.24. The molecule has 1 heterocycles. The summed E-state index contributed by atoms with van der Waals surface area (Å²) >= 11 is 0. The van der Waals surface area contributed by atoms with E-state index in [9.17, 15) is 9.90 Å². The van der Waals surface area contributed by atoms with E-state index in [4.69, 9.17) is 9.47 Å². The lowest BCUT2D eigenvalue weighted by Crippen LogP contribution is -2.37. The van der Waals surface area contributed by atoms with E-state index in [2.05, 4.69) is 0 Å². The summed E-state index contributed by atoms with van der Waals surface area (Å²) < 4.78 is 11.1. The van der Waals surface area contributed by atoms with Crippen LogP contribution in [0.1, 0.15) is 15.9 Å². The summed E-state index contributed by atoms with van der Waals surface area (Å²) in [6, 6.07) is 17.0. The maximum Gasteiger partial charge on any atom is 0.257 e. The summed E-state index contributed by atoms with van der Waals surface area (Å²) in [6.45, 7) is 1.82. The van der Waals surface area contributed by atoms with E-state index in [0.29, 0.717) is 31.1 Å². The molecule has 2 aromatic rings. The molecule has 1 N–H and O–H groups in total. The topological polar surface area (TPSA) is 59.0 Å². The van der Waals surface area contributed by atoms with Crippen molar-refractivity contribution in [1.29, 1.82) is 0 Å². The van der Waals surface area contributed by atoms with Crippen LogP contribution in [-0.4, -0.2) is 48.3 Å². The molecule has 1 unspecified atom stereocenters. The minimum atomic E-state index is -0.658. The third-order valence-electron chi connectivity index (χ3n) is 3.89. The van der Waals surface area contributed by atoms with Crippen LogP contribution in [0.15, 0.2) is 54.6 Å². The van der Waals surface area contributed by atoms with Crippen LogP contribution >= 0.6 is 0 Å². The molecule has 24 heavy (non-hydrogen) atoms. The van der Waals surface area contributed by atoms with Crippen molar-refractivity contribution in [2.45, 2.75) is 12.7 Å². The molecule has 1 saturated heterocycles. The number of rotatable bonds is 4. The minimum Gasteiger partial charge on any atom is -0.488 e. The van der Waals surface area contributed by atoms with Gasteiger partial charge in [0.15, 0.2) is 0 Å². The second-order valence-corrected chi connectivity index (χ2v) is 5.75. The lowest BCUT2D eigenvalue weighted by molar-refractivity contribution is 0.0533. The van der Waals surface area contributed by atoms with Crippen LogP contribution in [0.2, 0.25) is 0 Å². The Labute approximate surface area is 141 Å². The Morgan fingerprint density at radius 3 is 2.75 bits per heavy atom. The smallest absolute Gasteiger partial charge is 0.257 e. The number of nitrogens with zero attached hydrogens (tertiary/aromatic N) is 1. The number of hydrogen-bond acceptors (Lipinski definition) is 4. The summed E-state index contributed by atoms with van der Waals surface area (Å²) in [5.41, 5.74) is 1.54. The van der Waals surface area contributed by atoms with Crippen LogP contribution < -0.4 is 4.74 Å². The summed E-state index contributed by atoms with van der Waals surface area (Å²) in [4.78, 5) is 14.4. The second kappa shape index (κ2) is 7.95. The zero-order valence-electron chi connectivity index (χ0n) is 13.4. The quantitative estimate of drug-likeness (QED) is 0.934. The molecule has 1 atom stereocenters. The standard InChI is InChI=1S/C19H21NO4/c21-16-12-20(10-11-23-14-16)19(22)17-8-4-5-9-18(17)24-13-15-6-2-1-3-7-15/h1-9,16,21H,10-14H2. The van der Waals surface area contributed by atoms with Gasteiger partial charge in [-0.25, -0.2) is 0 Å². The van der Waals surface area contributed by atoms with E-state index < -0.39 is 6.10 Å². The van der Waals surface area contributed by atoms with Crippen LogP contribution in [0.3, 0.4) is 0 Å². The fourth-order valence-corrected chi connectivity index (χ4v) is 2.65. The number of hydrogen-bond donors (Lipinski definition) is 1. The van der Waals surface area contributed by atoms with E-state index in [1.807, 2.05) is 42.5 Å². The van der Waals surface area contributed by atoms with Gasteiger partial charge in [0.25, 0.3) is 5.91 Å². The Bertz CT molecular complexity index is 674. The number of aliphatic hydroxyl groups excluding tert-OH is 1. The van der Waals surface area contributed by atoms with Crippen LogP contribution in [0, 0.1) is 0 Å². The molecule has 1 fully saturated rings. The van der Waals surface area contributed by atoms with Gasteiger partial charge in [-0.05, 0) is 17.7 Å². The maximum absolute atomic E-state index is 12.8. The average molecular weight is 327 g/mol. The van der Waals surface area contributed by atoms with Crippen LogP contribution in [0.25, 0.3) is 0 Å². The Hall–Kier alpha value is -2.37. The fourth-order valence-electron chi connectivity index (χ4n) is 2.65. The van der Waals surface area contributed by atoms with Crippen molar-refractivity contribution in [2.75, 3.05) is 26.3 Å². The van der Waals surface area contributed by atoms with Gasteiger partial charge < -0.3 is 19.5 Å². The van der Waals surface area contributed by atoms with Crippen molar-refractivity contribution in [1.82, 2.24) is 4.90 Å². The number of benzene rings is 2. The molecule has 5 heteroatoms. The molecule has 0 bridgehead atoms. The second-order valence-electron chi connectivity index (χ2n) is 5.75. The highest BCUT2D eigenvalue weighted by Crippen LogP contribution is 2.22. The first-order valence-corrected chi connectivity index (χ1v) is 8.05. The number of amides is 1. The molecular formula is C19H21NO4. The normalized spacial score (nSPS) is 18.0. The predicted molar refractivity (Wildman–Crippen MR) is 89.9 cm³/mol. The van der Waals surface area contributed by atoms with Crippen LogP contribution in [0.4, 0.5) is 0 Å². The number of ether oxygens (including phenoxy) is 2. The van der Waals surface area contributed by atoms with Gasteiger partial charge in [-0.15, -0.1) is 0 Å². The summed E-state index contributed by atoms with van der Waals surface area (Å²) in [5, 5.41) is 9.83. The van der Waals surface area contributed by atoms with E-state index in [1.54, 1.807) is 17.0 Å². The largest absolute Gasteiger partial charge is 0.488 e. The van der Waals surface area contributed by atoms with Crippen LogP contribution in [0.5, 0.6) is 5.75 Å². The molecule has 3 rings (SSSR count). The van der Waals surface area contributed by atoms with Crippen LogP contribution in [-0.2, 0) is 11.3 Å². The molecule has 1 amide bonds. The molecule has 0 aliphatic carbocycles. The first kappa shape index (κ1) is 16.5.